The maximum absolute atomic E-state index is 8.55. The van der Waals surface area contributed by atoms with E-state index in [-0.39, 0.29) is 6.42 Å². The van der Waals surface area contributed by atoms with E-state index in [4.69, 9.17) is 26.3 Å². The smallest absolute Gasteiger partial charge is 0.179 e. The Balaban J connectivity index is 3.21. The molecule has 74 valence electrons. The summed E-state index contributed by atoms with van der Waals surface area (Å²) in [6.07, 6.45) is 0.263. The molecule has 0 N–H and O–H groups in total. The molecule has 0 saturated carbocycles. The molecule has 0 aromatic heterocycles. The van der Waals surface area contributed by atoms with Gasteiger partial charge in [0.05, 0.1) is 31.7 Å². The minimum atomic E-state index is 0.263. The van der Waals surface area contributed by atoms with Crippen molar-refractivity contribution in [1.29, 1.82) is 5.26 Å². The Kier molecular flexibility index (Phi) is 3.61. The van der Waals surface area contributed by atoms with E-state index in [0.717, 1.165) is 5.56 Å². The SMILES string of the molecule is COc1ccc(CC#N)c(Cl)c1OC. The average Bonchev–Trinajstić information content (AvgIpc) is 2.21. The third-order valence-electron chi connectivity index (χ3n) is 1.83. The molecule has 1 rings (SSSR count). The van der Waals surface area contributed by atoms with E-state index in [9.17, 15) is 0 Å². The highest BCUT2D eigenvalue weighted by atomic mass is 35.5. The van der Waals surface area contributed by atoms with Crippen molar-refractivity contribution in [2.24, 2.45) is 0 Å². The van der Waals surface area contributed by atoms with Crippen molar-refractivity contribution in [3.05, 3.63) is 22.7 Å². The number of methoxy groups -OCH3 is 2. The molecule has 0 fully saturated rings. The zero-order chi connectivity index (χ0) is 10.6. The molecule has 0 atom stereocenters. The van der Waals surface area contributed by atoms with Crippen LogP contribution in [0.3, 0.4) is 0 Å². The molecule has 4 heteroatoms. The summed E-state index contributed by atoms with van der Waals surface area (Å²) in [6.45, 7) is 0. The summed E-state index contributed by atoms with van der Waals surface area (Å²) >= 11 is 6.02. The fraction of sp³-hybridized carbons (Fsp3) is 0.300. The Hall–Kier alpha value is -1.40. The van der Waals surface area contributed by atoms with E-state index in [2.05, 4.69) is 0 Å². The predicted octanol–water partition coefficient (Wildman–Crippen LogP) is 2.42. The topological polar surface area (TPSA) is 42.2 Å². The van der Waals surface area contributed by atoms with Gasteiger partial charge in [-0.3, -0.25) is 0 Å². The van der Waals surface area contributed by atoms with Crippen LogP contribution in [0.1, 0.15) is 5.56 Å². The second-order valence-electron chi connectivity index (χ2n) is 2.61. The largest absolute Gasteiger partial charge is 0.493 e. The van der Waals surface area contributed by atoms with Crippen LogP contribution in [0.2, 0.25) is 5.02 Å². The van der Waals surface area contributed by atoms with E-state index in [0.29, 0.717) is 16.5 Å². The summed E-state index contributed by atoms with van der Waals surface area (Å²) < 4.78 is 10.1. The Morgan fingerprint density at radius 1 is 1.36 bits per heavy atom. The van der Waals surface area contributed by atoms with Crippen LogP contribution in [0.5, 0.6) is 11.5 Å². The van der Waals surface area contributed by atoms with Crippen molar-refractivity contribution in [2.45, 2.75) is 6.42 Å². The zero-order valence-electron chi connectivity index (χ0n) is 8.00. The van der Waals surface area contributed by atoms with E-state index in [1.165, 1.54) is 14.2 Å². The molecular formula is C10H10ClNO2. The molecule has 0 spiro atoms. The van der Waals surface area contributed by atoms with Gasteiger partial charge in [0.25, 0.3) is 0 Å². The summed E-state index contributed by atoms with van der Waals surface area (Å²) in [5, 5.41) is 8.99. The van der Waals surface area contributed by atoms with Gasteiger partial charge in [-0.1, -0.05) is 17.7 Å². The molecule has 0 aliphatic carbocycles. The molecule has 1 aromatic carbocycles. The van der Waals surface area contributed by atoms with Gasteiger partial charge >= 0.3 is 0 Å². The number of hydrogen-bond acceptors (Lipinski definition) is 3. The third-order valence-corrected chi connectivity index (χ3v) is 2.25. The van der Waals surface area contributed by atoms with Crippen LogP contribution in [0.15, 0.2) is 12.1 Å². The van der Waals surface area contributed by atoms with Gasteiger partial charge in [0.15, 0.2) is 11.5 Å². The second-order valence-corrected chi connectivity index (χ2v) is 2.99. The van der Waals surface area contributed by atoms with Gasteiger partial charge in [0.1, 0.15) is 0 Å². The van der Waals surface area contributed by atoms with Crippen LogP contribution in [0.4, 0.5) is 0 Å². The van der Waals surface area contributed by atoms with Crippen LogP contribution in [-0.2, 0) is 6.42 Å². The molecule has 0 unspecified atom stereocenters. The standard InChI is InChI=1S/C10H10ClNO2/c1-13-8-4-3-7(5-6-12)9(11)10(8)14-2/h3-4H,5H2,1-2H3. The highest BCUT2D eigenvalue weighted by Crippen LogP contribution is 2.37. The molecule has 1 aromatic rings. The first kappa shape index (κ1) is 10.7. The highest BCUT2D eigenvalue weighted by Gasteiger charge is 2.12. The van der Waals surface area contributed by atoms with Gasteiger partial charge < -0.3 is 9.47 Å². The van der Waals surface area contributed by atoms with E-state index in [1.54, 1.807) is 12.1 Å². The first-order chi connectivity index (χ1) is 6.74. The Bertz CT molecular complexity index is 371. The summed E-state index contributed by atoms with van der Waals surface area (Å²) in [6, 6.07) is 5.52. The molecule has 3 nitrogen and oxygen atoms in total. The summed E-state index contributed by atoms with van der Waals surface area (Å²) in [7, 11) is 3.05. The highest BCUT2D eigenvalue weighted by molar-refractivity contribution is 6.33. The predicted molar refractivity (Wildman–Crippen MR) is 53.9 cm³/mol. The van der Waals surface area contributed by atoms with Crippen molar-refractivity contribution >= 4 is 11.6 Å². The first-order valence-electron chi connectivity index (χ1n) is 4.01. The molecule has 0 saturated heterocycles. The normalized spacial score (nSPS) is 9.29. The Morgan fingerprint density at radius 3 is 2.57 bits per heavy atom. The fourth-order valence-corrected chi connectivity index (χ4v) is 1.45. The number of rotatable bonds is 3. The quantitative estimate of drug-likeness (QED) is 0.771. The Morgan fingerprint density at radius 2 is 2.07 bits per heavy atom. The molecule has 0 amide bonds. The van der Waals surface area contributed by atoms with Crippen LogP contribution >= 0.6 is 11.6 Å². The van der Waals surface area contributed by atoms with Gasteiger partial charge in [0.2, 0.25) is 0 Å². The molecule has 0 radical (unpaired) electrons. The lowest BCUT2D eigenvalue weighted by Crippen LogP contribution is -1.94. The van der Waals surface area contributed by atoms with Gasteiger partial charge in [-0.25, -0.2) is 0 Å². The van der Waals surface area contributed by atoms with Gasteiger partial charge in [-0.2, -0.15) is 5.26 Å². The van der Waals surface area contributed by atoms with E-state index >= 15 is 0 Å². The minimum Gasteiger partial charge on any atom is -0.493 e. The van der Waals surface area contributed by atoms with Crippen molar-refractivity contribution in [3.8, 4) is 17.6 Å². The van der Waals surface area contributed by atoms with Crippen LogP contribution < -0.4 is 9.47 Å². The maximum atomic E-state index is 8.55. The molecule has 0 aliphatic heterocycles. The average molecular weight is 212 g/mol. The lowest BCUT2D eigenvalue weighted by Gasteiger charge is -2.10. The number of nitriles is 1. The summed E-state index contributed by atoms with van der Waals surface area (Å²) in [4.78, 5) is 0. The van der Waals surface area contributed by atoms with E-state index in [1.807, 2.05) is 6.07 Å². The van der Waals surface area contributed by atoms with Gasteiger partial charge in [0, 0.05) is 0 Å². The Labute approximate surface area is 87.8 Å². The zero-order valence-corrected chi connectivity index (χ0v) is 8.76. The van der Waals surface area contributed by atoms with Crippen molar-refractivity contribution in [2.75, 3.05) is 14.2 Å². The summed E-state index contributed by atoms with van der Waals surface area (Å²) in [5.74, 6) is 1.04. The number of nitrogens with zero attached hydrogens (tertiary/aromatic N) is 1. The van der Waals surface area contributed by atoms with Crippen LogP contribution in [0.25, 0.3) is 0 Å². The minimum absolute atomic E-state index is 0.263. The van der Waals surface area contributed by atoms with Crippen LogP contribution in [-0.4, -0.2) is 14.2 Å². The van der Waals surface area contributed by atoms with Crippen molar-refractivity contribution < 1.29 is 9.47 Å². The maximum Gasteiger partial charge on any atom is 0.179 e. The van der Waals surface area contributed by atoms with Gasteiger partial charge in [-0.05, 0) is 11.6 Å². The van der Waals surface area contributed by atoms with E-state index < -0.39 is 0 Å². The second kappa shape index (κ2) is 4.73. The lowest BCUT2D eigenvalue weighted by atomic mass is 10.1. The van der Waals surface area contributed by atoms with Crippen molar-refractivity contribution in [1.82, 2.24) is 0 Å². The van der Waals surface area contributed by atoms with Crippen molar-refractivity contribution in [3.63, 3.8) is 0 Å². The monoisotopic (exact) mass is 211 g/mol. The fourth-order valence-electron chi connectivity index (χ4n) is 1.15. The molecule has 0 heterocycles. The number of ether oxygens (including phenoxy) is 2. The summed E-state index contributed by atoms with van der Waals surface area (Å²) in [5.41, 5.74) is 0.742. The van der Waals surface area contributed by atoms with Gasteiger partial charge in [-0.15, -0.1) is 0 Å². The first-order valence-corrected chi connectivity index (χ1v) is 4.38. The molecular weight excluding hydrogens is 202 g/mol. The lowest BCUT2D eigenvalue weighted by molar-refractivity contribution is 0.355. The number of hydrogen-bond donors (Lipinski definition) is 0. The number of halogens is 1. The molecule has 14 heavy (non-hydrogen) atoms. The number of benzene rings is 1. The molecule has 0 aliphatic rings. The molecule has 0 bridgehead atoms. The van der Waals surface area contributed by atoms with Crippen LogP contribution in [0, 0.1) is 11.3 Å². The third kappa shape index (κ3) is 1.91.